The molecule has 2 heterocycles. The summed E-state index contributed by atoms with van der Waals surface area (Å²) < 4.78 is 0. The number of nitrogens with one attached hydrogen (secondary N) is 1. The topological polar surface area (TPSA) is 41.3 Å². The molecule has 0 saturated heterocycles. The van der Waals surface area contributed by atoms with Crippen LogP contribution in [0.15, 0.2) is 35.0 Å². The van der Waals surface area contributed by atoms with Gasteiger partial charge in [0.1, 0.15) is 11.6 Å². The molecule has 0 fully saturated rings. The van der Waals surface area contributed by atoms with E-state index in [1.54, 1.807) is 0 Å². The highest BCUT2D eigenvalue weighted by atomic mass is 35.5. The number of rotatable bonds is 0. The molecule has 4 heteroatoms. The van der Waals surface area contributed by atoms with Gasteiger partial charge in [-0.3, -0.25) is 0 Å². The molecule has 0 aromatic rings. The first-order valence-electron chi connectivity index (χ1n) is 3.33. The van der Waals surface area contributed by atoms with Crippen LogP contribution in [0.5, 0.6) is 0 Å². The van der Waals surface area contributed by atoms with Crippen molar-refractivity contribution < 1.29 is 0 Å². The van der Waals surface area contributed by atoms with Crippen LogP contribution in [0, 0.1) is 0 Å². The molecule has 2 aliphatic heterocycles. The van der Waals surface area contributed by atoms with Crippen molar-refractivity contribution in [2.24, 2.45) is 5.73 Å². The predicted molar refractivity (Wildman–Crippen MR) is 44.1 cm³/mol. The summed E-state index contributed by atoms with van der Waals surface area (Å²) in [6.45, 7) is 0.709. The highest BCUT2D eigenvalue weighted by Gasteiger charge is 2.18. The van der Waals surface area contributed by atoms with Gasteiger partial charge in [0.2, 0.25) is 0 Å². The molecule has 0 aromatic heterocycles. The Labute approximate surface area is 69.8 Å². The summed E-state index contributed by atoms with van der Waals surface area (Å²) in [7, 11) is 0. The fraction of sp³-hybridized carbons (Fsp3) is 0.143. The minimum atomic E-state index is 0.663. The average molecular weight is 170 g/mol. The van der Waals surface area contributed by atoms with E-state index in [1.165, 1.54) is 0 Å². The van der Waals surface area contributed by atoms with Crippen LogP contribution in [0.3, 0.4) is 0 Å². The molecule has 0 bridgehead atoms. The number of hydrogen-bond donors (Lipinski definition) is 2. The van der Waals surface area contributed by atoms with Crippen molar-refractivity contribution in [3.05, 3.63) is 35.0 Å². The molecule has 0 aromatic carbocycles. The highest BCUT2D eigenvalue weighted by Crippen LogP contribution is 2.19. The van der Waals surface area contributed by atoms with Gasteiger partial charge in [-0.2, -0.15) is 0 Å². The van der Waals surface area contributed by atoms with Gasteiger partial charge in [0, 0.05) is 11.2 Å². The first-order chi connectivity index (χ1) is 5.25. The Morgan fingerprint density at radius 1 is 1.55 bits per heavy atom. The molecular weight excluding hydrogens is 162 g/mol. The van der Waals surface area contributed by atoms with E-state index in [2.05, 4.69) is 5.32 Å². The van der Waals surface area contributed by atoms with Gasteiger partial charge in [-0.1, -0.05) is 11.6 Å². The molecule has 0 amide bonds. The van der Waals surface area contributed by atoms with Crippen LogP contribution >= 0.6 is 11.6 Å². The Hall–Kier alpha value is -1.09. The second-order valence-corrected chi connectivity index (χ2v) is 2.99. The van der Waals surface area contributed by atoms with E-state index in [0.29, 0.717) is 12.4 Å². The quantitative estimate of drug-likeness (QED) is 0.559. The summed E-state index contributed by atoms with van der Waals surface area (Å²) in [5.74, 6) is 1.66. The third kappa shape index (κ3) is 1.07. The van der Waals surface area contributed by atoms with E-state index >= 15 is 0 Å². The molecule has 0 unspecified atom stereocenters. The zero-order valence-electron chi connectivity index (χ0n) is 5.84. The van der Waals surface area contributed by atoms with E-state index in [0.717, 1.165) is 10.9 Å². The largest absolute Gasteiger partial charge is 0.384 e. The second-order valence-electron chi connectivity index (χ2n) is 2.50. The van der Waals surface area contributed by atoms with Crippen LogP contribution in [0.4, 0.5) is 0 Å². The number of nitrogens with zero attached hydrogens (tertiary/aromatic N) is 1. The van der Waals surface area contributed by atoms with Gasteiger partial charge in [-0.15, -0.1) is 0 Å². The number of hydrogen-bond acceptors (Lipinski definition) is 3. The lowest BCUT2D eigenvalue weighted by Crippen LogP contribution is -2.23. The number of fused-ring (bicyclic) bond motifs is 1. The SMILES string of the molecule is NC1=CN2CC(Cl)=CC=C2N1. The molecule has 3 nitrogen and oxygen atoms in total. The molecule has 0 spiro atoms. The monoisotopic (exact) mass is 169 g/mol. The lowest BCUT2D eigenvalue weighted by molar-refractivity contribution is 0.508. The molecular formula is C7H8ClN3. The maximum absolute atomic E-state index is 5.81. The molecule has 0 saturated carbocycles. The van der Waals surface area contributed by atoms with Crippen LogP contribution in [0.1, 0.15) is 0 Å². The van der Waals surface area contributed by atoms with Crippen LogP contribution in [-0.2, 0) is 0 Å². The first-order valence-corrected chi connectivity index (χ1v) is 3.71. The van der Waals surface area contributed by atoms with Gasteiger partial charge in [-0.25, -0.2) is 0 Å². The molecule has 2 aliphatic rings. The van der Waals surface area contributed by atoms with Crippen LogP contribution in [0.25, 0.3) is 0 Å². The normalized spacial score (nSPS) is 21.5. The number of nitrogens with two attached hydrogens (primary N) is 1. The van der Waals surface area contributed by atoms with Gasteiger partial charge in [0.25, 0.3) is 0 Å². The van der Waals surface area contributed by atoms with E-state index < -0.39 is 0 Å². The summed E-state index contributed by atoms with van der Waals surface area (Å²) in [5.41, 5.74) is 5.54. The number of halogens is 1. The fourth-order valence-electron chi connectivity index (χ4n) is 1.14. The molecule has 3 N–H and O–H groups in total. The number of allylic oxidation sites excluding steroid dienone is 2. The molecule has 0 atom stereocenters. The maximum Gasteiger partial charge on any atom is 0.118 e. The average Bonchev–Trinajstić information content (AvgIpc) is 2.27. The predicted octanol–water partition coefficient (Wildman–Crippen LogP) is 0.627. The second kappa shape index (κ2) is 2.20. The Balaban J connectivity index is 2.27. The highest BCUT2D eigenvalue weighted by molar-refractivity contribution is 6.30. The molecule has 0 aliphatic carbocycles. The molecule has 0 radical (unpaired) electrons. The molecule has 2 rings (SSSR count). The van der Waals surface area contributed by atoms with E-state index in [4.69, 9.17) is 17.3 Å². The summed E-state index contributed by atoms with van der Waals surface area (Å²) in [4.78, 5) is 1.97. The van der Waals surface area contributed by atoms with Crippen molar-refractivity contribution in [1.29, 1.82) is 0 Å². The zero-order chi connectivity index (χ0) is 7.84. The van der Waals surface area contributed by atoms with Gasteiger partial charge in [-0.05, 0) is 12.2 Å². The van der Waals surface area contributed by atoms with Gasteiger partial charge in [0.15, 0.2) is 0 Å². The van der Waals surface area contributed by atoms with Gasteiger partial charge < -0.3 is 16.0 Å². The van der Waals surface area contributed by atoms with Crippen molar-refractivity contribution in [2.45, 2.75) is 0 Å². The maximum atomic E-state index is 5.81. The Morgan fingerprint density at radius 3 is 3.18 bits per heavy atom. The third-order valence-electron chi connectivity index (χ3n) is 1.62. The fourth-order valence-corrected chi connectivity index (χ4v) is 1.33. The van der Waals surface area contributed by atoms with Crippen LogP contribution < -0.4 is 11.1 Å². The molecule has 58 valence electrons. The van der Waals surface area contributed by atoms with Crippen LogP contribution in [0.2, 0.25) is 0 Å². The van der Waals surface area contributed by atoms with Gasteiger partial charge in [0.05, 0.1) is 6.54 Å². The van der Waals surface area contributed by atoms with Crippen molar-refractivity contribution in [3.8, 4) is 0 Å². The van der Waals surface area contributed by atoms with Crippen LogP contribution in [-0.4, -0.2) is 11.4 Å². The summed E-state index contributed by atoms with van der Waals surface area (Å²) >= 11 is 5.81. The Morgan fingerprint density at radius 2 is 2.36 bits per heavy atom. The summed E-state index contributed by atoms with van der Waals surface area (Å²) in [6.07, 6.45) is 5.61. The van der Waals surface area contributed by atoms with E-state index in [-0.39, 0.29) is 0 Å². The summed E-state index contributed by atoms with van der Waals surface area (Å²) in [6, 6.07) is 0. The standard InChI is InChI=1S/C7H8ClN3/c8-5-1-2-7-10-6(9)4-11(7)3-5/h1-2,4,10H,3,9H2. The van der Waals surface area contributed by atoms with Crippen molar-refractivity contribution in [3.63, 3.8) is 0 Å². The Bertz CT molecular complexity index is 277. The Kier molecular flexibility index (Phi) is 1.32. The van der Waals surface area contributed by atoms with E-state index in [1.807, 2.05) is 23.3 Å². The smallest absolute Gasteiger partial charge is 0.118 e. The van der Waals surface area contributed by atoms with Crippen molar-refractivity contribution >= 4 is 11.6 Å². The van der Waals surface area contributed by atoms with Crippen molar-refractivity contribution in [2.75, 3.05) is 6.54 Å². The van der Waals surface area contributed by atoms with E-state index in [9.17, 15) is 0 Å². The van der Waals surface area contributed by atoms with Gasteiger partial charge >= 0.3 is 0 Å². The minimum Gasteiger partial charge on any atom is -0.384 e. The minimum absolute atomic E-state index is 0.663. The summed E-state index contributed by atoms with van der Waals surface area (Å²) in [5, 5.41) is 3.82. The lowest BCUT2D eigenvalue weighted by atomic mass is 10.3. The lowest BCUT2D eigenvalue weighted by Gasteiger charge is -2.19. The van der Waals surface area contributed by atoms with Crippen molar-refractivity contribution in [1.82, 2.24) is 10.2 Å². The third-order valence-corrected chi connectivity index (χ3v) is 1.87. The molecule has 11 heavy (non-hydrogen) atoms. The zero-order valence-corrected chi connectivity index (χ0v) is 6.60. The first kappa shape index (κ1) is 6.61.